The molecule has 0 bridgehead atoms. The number of carbonyl (C=O) groups excluding carboxylic acids is 2. The second-order valence-electron chi connectivity index (χ2n) is 7.53. The number of nitrogens with zero attached hydrogens (tertiary/aromatic N) is 3. The lowest BCUT2D eigenvalue weighted by Gasteiger charge is -2.36. The van der Waals surface area contributed by atoms with Gasteiger partial charge in [-0.3, -0.25) is 9.59 Å². The molecule has 1 aliphatic rings. The molecule has 0 unspecified atom stereocenters. The Kier molecular flexibility index (Phi) is 6.19. The average molecular weight is 562 g/mol. The van der Waals surface area contributed by atoms with E-state index in [2.05, 4.69) is 15.9 Å². The summed E-state index contributed by atoms with van der Waals surface area (Å²) in [6, 6.07) is 7.88. The van der Waals surface area contributed by atoms with E-state index in [1.807, 2.05) is 0 Å². The van der Waals surface area contributed by atoms with Crippen molar-refractivity contribution >= 4 is 54.7 Å². The van der Waals surface area contributed by atoms with Crippen molar-refractivity contribution in [2.75, 3.05) is 31.1 Å². The number of rotatable bonds is 4. The molecule has 7 nitrogen and oxygen atoms in total. The van der Waals surface area contributed by atoms with Crippen LogP contribution >= 0.6 is 15.9 Å². The van der Waals surface area contributed by atoms with Crippen LogP contribution in [0.5, 0.6) is 0 Å². The number of hydrogen-bond donors (Lipinski definition) is 0. The van der Waals surface area contributed by atoms with Crippen LogP contribution in [0.1, 0.15) is 10.4 Å². The number of aromatic nitrogens is 1. The van der Waals surface area contributed by atoms with Crippen LogP contribution in [0, 0.1) is 5.82 Å². The van der Waals surface area contributed by atoms with Gasteiger partial charge in [-0.2, -0.15) is 13.2 Å². The van der Waals surface area contributed by atoms with Gasteiger partial charge in [0.15, 0.2) is 6.29 Å². The van der Waals surface area contributed by atoms with Gasteiger partial charge in [0.05, 0.1) is 5.52 Å². The third-order valence-electron chi connectivity index (χ3n) is 5.49. The van der Waals surface area contributed by atoms with E-state index in [0.29, 0.717) is 21.3 Å². The highest BCUT2D eigenvalue weighted by Crippen LogP contribution is 2.37. The lowest BCUT2D eigenvalue weighted by Crippen LogP contribution is -2.52. The number of hydrogen-bond acceptors (Lipinski definition) is 5. The number of fused-ring (bicyclic) bond motifs is 1. The van der Waals surface area contributed by atoms with Gasteiger partial charge in [0.1, 0.15) is 10.7 Å². The van der Waals surface area contributed by atoms with Crippen molar-refractivity contribution in [3.63, 3.8) is 0 Å². The second kappa shape index (κ2) is 8.69. The highest BCUT2D eigenvalue weighted by molar-refractivity contribution is 9.10. The Morgan fingerprint density at radius 3 is 2.29 bits per heavy atom. The van der Waals surface area contributed by atoms with Gasteiger partial charge in [-0.25, -0.2) is 16.8 Å². The van der Waals surface area contributed by atoms with Crippen LogP contribution in [0.15, 0.2) is 52.0 Å². The average Bonchev–Trinajstić information content (AvgIpc) is 3.17. The molecule has 0 aliphatic carbocycles. The van der Waals surface area contributed by atoms with Gasteiger partial charge in [-0.05, 0) is 24.3 Å². The van der Waals surface area contributed by atoms with E-state index >= 15 is 0 Å². The van der Waals surface area contributed by atoms with Crippen LogP contribution < -0.4 is 4.90 Å². The molecule has 0 saturated carbocycles. The number of amides is 1. The first kappa shape index (κ1) is 24.2. The zero-order valence-corrected chi connectivity index (χ0v) is 19.6. The summed E-state index contributed by atoms with van der Waals surface area (Å²) < 4.78 is 80.3. The molecule has 1 aromatic heterocycles. The normalized spacial score (nSPS) is 15.1. The van der Waals surface area contributed by atoms with Gasteiger partial charge in [0, 0.05) is 53.5 Å². The molecule has 1 fully saturated rings. The molecule has 0 spiro atoms. The zero-order valence-electron chi connectivity index (χ0n) is 17.2. The molecule has 2 aromatic carbocycles. The van der Waals surface area contributed by atoms with Gasteiger partial charge in [-0.1, -0.05) is 28.1 Å². The fourth-order valence-electron chi connectivity index (χ4n) is 3.94. The fraction of sp³-hybridized carbons (Fsp3) is 0.238. The van der Waals surface area contributed by atoms with Crippen LogP contribution in [0.2, 0.25) is 0 Å². The van der Waals surface area contributed by atoms with Crippen LogP contribution in [0.3, 0.4) is 0 Å². The first-order chi connectivity index (χ1) is 15.9. The molecule has 1 saturated heterocycles. The number of piperazine rings is 1. The standard InChI is InChI=1S/C21H16BrF4N3O4S/c22-14-9-16(27-5-7-28(8-6-27)20(31)21(24,25)26)19-13(12-30)11-29(17(19)10-14)34(32,33)18-4-2-1-3-15(18)23/h1-4,9-12H,5-8H2. The van der Waals surface area contributed by atoms with Crippen molar-refractivity contribution < 1.29 is 35.6 Å². The first-order valence-electron chi connectivity index (χ1n) is 9.86. The third kappa shape index (κ3) is 4.17. The summed E-state index contributed by atoms with van der Waals surface area (Å²) in [5.74, 6) is -2.89. The summed E-state index contributed by atoms with van der Waals surface area (Å²) in [6.45, 7) is -0.373. The van der Waals surface area contributed by atoms with Crippen molar-refractivity contribution in [3.05, 3.63) is 58.4 Å². The smallest absolute Gasteiger partial charge is 0.367 e. The van der Waals surface area contributed by atoms with E-state index < -0.39 is 32.8 Å². The largest absolute Gasteiger partial charge is 0.471 e. The maximum Gasteiger partial charge on any atom is 0.471 e. The van der Waals surface area contributed by atoms with E-state index in [9.17, 15) is 35.6 Å². The predicted octanol–water partition coefficient (Wildman–Crippen LogP) is 3.80. The lowest BCUT2D eigenvalue weighted by atomic mass is 10.1. The molecule has 34 heavy (non-hydrogen) atoms. The molecular formula is C21H16BrF4N3O4S. The van der Waals surface area contributed by atoms with Crippen molar-refractivity contribution in [2.45, 2.75) is 11.1 Å². The summed E-state index contributed by atoms with van der Waals surface area (Å²) in [5, 5.41) is 0.244. The van der Waals surface area contributed by atoms with E-state index in [1.165, 1.54) is 18.2 Å². The number of alkyl halides is 3. The molecule has 13 heteroatoms. The van der Waals surface area contributed by atoms with E-state index in [4.69, 9.17) is 0 Å². The number of carbonyl (C=O) groups is 2. The molecule has 1 amide bonds. The molecule has 0 N–H and O–H groups in total. The Hall–Kier alpha value is -2.93. The maximum atomic E-state index is 14.3. The Bertz CT molecular complexity index is 1400. The van der Waals surface area contributed by atoms with Crippen LogP contribution in [0.25, 0.3) is 10.9 Å². The summed E-state index contributed by atoms with van der Waals surface area (Å²) >= 11 is 3.30. The van der Waals surface area contributed by atoms with Gasteiger partial charge in [-0.15, -0.1) is 0 Å². The minimum atomic E-state index is -4.98. The molecule has 4 rings (SSSR count). The highest BCUT2D eigenvalue weighted by Gasteiger charge is 2.43. The second-order valence-corrected chi connectivity index (χ2v) is 10.2. The molecular weight excluding hydrogens is 546 g/mol. The summed E-state index contributed by atoms with van der Waals surface area (Å²) in [6.07, 6.45) is -3.44. The minimum absolute atomic E-state index is 0.00575. The minimum Gasteiger partial charge on any atom is -0.367 e. The predicted molar refractivity (Wildman–Crippen MR) is 119 cm³/mol. The van der Waals surface area contributed by atoms with Crippen LogP contribution in [-0.4, -0.2) is 61.8 Å². The van der Waals surface area contributed by atoms with Crippen molar-refractivity contribution in [3.8, 4) is 0 Å². The Balaban J connectivity index is 1.80. The third-order valence-corrected chi connectivity index (χ3v) is 7.66. The first-order valence-corrected chi connectivity index (χ1v) is 12.1. The summed E-state index contributed by atoms with van der Waals surface area (Å²) in [5.41, 5.74) is 0.489. The topological polar surface area (TPSA) is 79.7 Å². The number of aldehydes is 1. The monoisotopic (exact) mass is 561 g/mol. The van der Waals surface area contributed by atoms with Gasteiger partial charge in [0.2, 0.25) is 0 Å². The maximum absolute atomic E-state index is 14.3. The quantitative estimate of drug-likeness (QED) is 0.357. The Morgan fingerprint density at radius 1 is 1.06 bits per heavy atom. The van der Waals surface area contributed by atoms with Gasteiger partial charge < -0.3 is 9.80 Å². The van der Waals surface area contributed by atoms with Crippen LogP contribution in [0.4, 0.5) is 23.2 Å². The molecule has 0 radical (unpaired) electrons. The van der Waals surface area contributed by atoms with E-state index in [-0.39, 0.29) is 42.6 Å². The lowest BCUT2D eigenvalue weighted by molar-refractivity contribution is -0.185. The fourth-order valence-corrected chi connectivity index (χ4v) is 5.80. The van der Waals surface area contributed by atoms with Crippen molar-refractivity contribution in [1.82, 2.24) is 8.87 Å². The van der Waals surface area contributed by atoms with E-state index in [1.54, 1.807) is 11.0 Å². The van der Waals surface area contributed by atoms with Gasteiger partial charge in [0.25, 0.3) is 10.0 Å². The Morgan fingerprint density at radius 2 is 1.71 bits per heavy atom. The molecule has 1 aliphatic heterocycles. The molecule has 0 atom stereocenters. The van der Waals surface area contributed by atoms with Gasteiger partial charge >= 0.3 is 12.1 Å². The van der Waals surface area contributed by atoms with Crippen molar-refractivity contribution in [1.29, 1.82) is 0 Å². The summed E-state index contributed by atoms with van der Waals surface area (Å²) in [7, 11) is -4.42. The van der Waals surface area contributed by atoms with E-state index in [0.717, 1.165) is 22.3 Å². The molecule has 3 aromatic rings. The molecule has 180 valence electrons. The Labute approximate surface area is 199 Å². The number of halogens is 5. The SMILES string of the molecule is O=Cc1cn(S(=O)(=O)c2ccccc2F)c2cc(Br)cc(N3CCN(C(=O)C(F)(F)F)CC3)c12. The summed E-state index contributed by atoms with van der Waals surface area (Å²) in [4.78, 5) is 25.2. The van der Waals surface area contributed by atoms with Crippen LogP contribution in [-0.2, 0) is 14.8 Å². The number of benzene rings is 2. The molecule has 2 heterocycles. The number of anilines is 1. The van der Waals surface area contributed by atoms with Crippen molar-refractivity contribution in [2.24, 2.45) is 0 Å². The zero-order chi connectivity index (χ0) is 24.8. The highest BCUT2D eigenvalue weighted by atomic mass is 79.9.